The number of methoxy groups -OCH3 is 1. The van der Waals surface area contributed by atoms with Crippen molar-refractivity contribution in [3.05, 3.63) is 53.6 Å². The molecule has 0 spiro atoms. The Hall–Kier alpha value is -3.99. The topological polar surface area (TPSA) is 136 Å². The largest absolute Gasteiger partial charge is 0.497 e. The third kappa shape index (κ3) is 6.82. The highest BCUT2D eigenvalue weighted by Gasteiger charge is 2.41. The van der Waals surface area contributed by atoms with Crippen LogP contribution < -0.4 is 15.8 Å². The maximum Gasteiger partial charge on any atom is 0.243 e. The Balaban J connectivity index is 1.25. The Morgan fingerprint density at radius 2 is 1.88 bits per heavy atom. The molecule has 0 unspecified atom stereocenters. The minimum absolute atomic E-state index is 0.0268. The van der Waals surface area contributed by atoms with Gasteiger partial charge in [0, 0.05) is 38.6 Å². The minimum atomic E-state index is -0.858. The van der Waals surface area contributed by atoms with Gasteiger partial charge in [-0.2, -0.15) is 0 Å². The molecule has 3 N–H and O–H groups in total. The molecule has 5 rings (SSSR count). The molecule has 3 amide bonds. The number of hydrogen-bond acceptors (Lipinski definition) is 7. The molecule has 2 saturated heterocycles. The average Bonchev–Trinajstić information content (AvgIpc) is 3.70. The van der Waals surface area contributed by atoms with E-state index >= 15 is 0 Å². The Labute approximate surface area is 252 Å². The Kier molecular flexibility index (Phi) is 9.00. The van der Waals surface area contributed by atoms with Crippen molar-refractivity contribution in [3.63, 3.8) is 0 Å². The Bertz CT molecular complexity index is 1470. The van der Waals surface area contributed by atoms with Crippen LogP contribution in [0.15, 0.2) is 42.5 Å². The van der Waals surface area contributed by atoms with E-state index in [9.17, 15) is 14.4 Å². The number of nitrogens with zero attached hydrogens (tertiary/aromatic N) is 5. The number of aryl methyl sites for hydroxylation is 1. The fraction of sp³-hybridized carbons (Fsp3) is 0.531. The standard InChI is InChI=1S/C32H43N7O4/c1-32(2)14-5-15-39(32)29(40)13-11-25(33)31(42)38-20-23(16-21-6-9-24(43-4)10-7-21)18-28(38)30(41)34-19-22-8-12-27-26(17-22)35-36-37(27)3/h6-10,12,17,23,25,28H,5,11,13-16,18-20,33H2,1-4H3,(H,34,41)/t23-,25-,28+/m1/s1. The zero-order valence-corrected chi connectivity index (χ0v) is 25.6. The summed E-state index contributed by atoms with van der Waals surface area (Å²) in [5.41, 5.74) is 9.90. The number of ether oxygens (including phenoxy) is 1. The van der Waals surface area contributed by atoms with Gasteiger partial charge >= 0.3 is 0 Å². The summed E-state index contributed by atoms with van der Waals surface area (Å²) in [5.74, 6) is 0.391. The molecule has 230 valence electrons. The summed E-state index contributed by atoms with van der Waals surface area (Å²) in [5, 5.41) is 11.2. The molecule has 2 fully saturated rings. The number of nitrogens with one attached hydrogen (secondary N) is 1. The second-order valence-electron chi connectivity index (χ2n) is 12.5. The maximum absolute atomic E-state index is 13.7. The van der Waals surface area contributed by atoms with E-state index in [1.807, 2.05) is 54.4 Å². The summed E-state index contributed by atoms with van der Waals surface area (Å²) in [7, 11) is 3.46. The van der Waals surface area contributed by atoms with Crippen LogP contribution in [-0.2, 0) is 34.4 Å². The lowest BCUT2D eigenvalue weighted by Gasteiger charge is -2.32. The summed E-state index contributed by atoms with van der Waals surface area (Å²) < 4.78 is 6.98. The molecule has 3 heterocycles. The van der Waals surface area contributed by atoms with Crippen molar-refractivity contribution in [3.8, 4) is 5.75 Å². The van der Waals surface area contributed by atoms with Crippen LogP contribution in [0.1, 0.15) is 57.1 Å². The molecule has 0 aliphatic carbocycles. The second kappa shape index (κ2) is 12.7. The lowest BCUT2D eigenvalue weighted by Crippen LogP contribution is -2.51. The van der Waals surface area contributed by atoms with E-state index in [0.29, 0.717) is 19.5 Å². The lowest BCUT2D eigenvalue weighted by atomic mass is 9.96. The van der Waals surface area contributed by atoms with Crippen molar-refractivity contribution in [1.82, 2.24) is 30.1 Å². The van der Waals surface area contributed by atoms with Gasteiger partial charge in [0.25, 0.3) is 0 Å². The van der Waals surface area contributed by atoms with Gasteiger partial charge in [-0.1, -0.05) is 23.4 Å². The summed E-state index contributed by atoms with van der Waals surface area (Å²) in [6, 6.07) is 12.1. The van der Waals surface area contributed by atoms with Crippen LogP contribution >= 0.6 is 0 Å². The number of likely N-dealkylation sites (tertiary alicyclic amines) is 2. The second-order valence-corrected chi connectivity index (χ2v) is 12.5. The summed E-state index contributed by atoms with van der Waals surface area (Å²) >= 11 is 0. The molecule has 3 atom stereocenters. The smallest absolute Gasteiger partial charge is 0.243 e. The van der Waals surface area contributed by atoms with Crippen LogP contribution in [0.25, 0.3) is 11.0 Å². The van der Waals surface area contributed by atoms with Gasteiger partial charge in [0.15, 0.2) is 0 Å². The van der Waals surface area contributed by atoms with Crippen LogP contribution in [0.4, 0.5) is 0 Å². The van der Waals surface area contributed by atoms with Crippen LogP contribution in [0.3, 0.4) is 0 Å². The van der Waals surface area contributed by atoms with Gasteiger partial charge in [0.1, 0.15) is 17.3 Å². The Morgan fingerprint density at radius 3 is 2.58 bits per heavy atom. The fourth-order valence-corrected chi connectivity index (χ4v) is 6.48. The highest BCUT2D eigenvalue weighted by molar-refractivity contribution is 5.91. The number of carbonyl (C=O) groups is 3. The SMILES string of the molecule is COc1ccc(C[C@@H]2C[C@@H](C(=O)NCc3ccc4c(c3)nnn4C)N(C(=O)[C@H](N)CCC(=O)N3CCCC3(C)C)C2)cc1. The molecule has 2 aromatic carbocycles. The first-order valence-electron chi connectivity index (χ1n) is 15.1. The molecule has 43 heavy (non-hydrogen) atoms. The van der Waals surface area contributed by atoms with Gasteiger partial charge in [-0.05, 0) is 87.3 Å². The number of benzene rings is 2. The molecular weight excluding hydrogens is 546 g/mol. The first kappa shape index (κ1) is 30.5. The highest BCUT2D eigenvalue weighted by atomic mass is 16.5. The monoisotopic (exact) mass is 589 g/mol. The van der Waals surface area contributed by atoms with E-state index in [-0.39, 0.29) is 42.0 Å². The molecule has 3 aromatic rings. The van der Waals surface area contributed by atoms with Crippen LogP contribution in [-0.4, -0.2) is 80.3 Å². The predicted molar refractivity (Wildman–Crippen MR) is 163 cm³/mol. The van der Waals surface area contributed by atoms with E-state index in [1.54, 1.807) is 16.7 Å². The zero-order valence-electron chi connectivity index (χ0n) is 25.6. The van der Waals surface area contributed by atoms with E-state index in [0.717, 1.165) is 53.7 Å². The third-order valence-electron chi connectivity index (χ3n) is 8.99. The van der Waals surface area contributed by atoms with Crippen LogP contribution in [0.5, 0.6) is 5.75 Å². The van der Waals surface area contributed by atoms with Crippen molar-refractivity contribution >= 4 is 28.8 Å². The quantitative estimate of drug-likeness (QED) is 0.371. The van der Waals surface area contributed by atoms with E-state index < -0.39 is 12.1 Å². The predicted octanol–water partition coefficient (Wildman–Crippen LogP) is 2.56. The zero-order chi connectivity index (χ0) is 30.7. The van der Waals surface area contributed by atoms with Gasteiger partial charge in [0.2, 0.25) is 17.7 Å². The van der Waals surface area contributed by atoms with Crippen molar-refractivity contribution in [2.24, 2.45) is 18.7 Å². The maximum atomic E-state index is 13.7. The summed E-state index contributed by atoms with van der Waals surface area (Å²) in [4.78, 5) is 43.7. The van der Waals surface area contributed by atoms with E-state index in [1.165, 1.54) is 0 Å². The normalized spacial score (nSPS) is 20.4. The third-order valence-corrected chi connectivity index (χ3v) is 8.99. The number of rotatable bonds is 10. The molecule has 11 nitrogen and oxygen atoms in total. The number of fused-ring (bicyclic) bond motifs is 1. The minimum Gasteiger partial charge on any atom is -0.497 e. The molecular formula is C32H43N7O4. The van der Waals surface area contributed by atoms with Gasteiger partial charge in [-0.3, -0.25) is 14.4 Å². The van der Waals surface area contributed by atoms with Crippen LogP contribution in [0, 0.1) is 5.92 Å². The van der Waals surface area contributed by atoms with E-state index in [4.69, 9.17) is 10.5 Å². The number of hydrogen-bond donors (Lipinski definition) is 2. The first-order valence-corrected chi connectivity index (χ1v) is 15.1. The summed E-state index contributed by atoms with van der Waals surface area (Å²) in [6.45, 7) is 5.62. The molecule has 2 aliphatic rings. The van der Waals surface area contributed by atoms with Crippen LogP contribution in [0.2, 0.25) is 0 Å². The Morgan fingerprint density at radius 1 is 1.14 bits per heavy atom. The molecule has 0 saturated carbocycles. The summed E-state index contributed by atoms with van der Waals surface area (Å²) in [6.07, 6.45) is 3.66. The van der Waals surface area contributed by atoms with Crippen molar-refractivity contribution in [2.45, 2.75) is 76.5 Å². The average molecular weight is 590 g/mol. The molecule has 11 heteroatoms. The van der Waals surface area contributed by atoms with Crippen molar-refractivity contribution in [1.29, 1.82) is 0 Å². The molecule has 2 aliphatic heterocycles. The van der Waals surface area contributed by atoms with Gasteiger partial charge in [0.05, 0.1) is 18.7 Å². The van der Waals surface area contributed by atoms with Gasteiger partial charge in [-0.15, -0.1) is 5.10 Å². The van der Waals surface area contributed by atoms with Crippen molar-refractivity contribution in [2.75, 3.05) is 20.2 Å². The number of carbonyl (C=O) groups excluding carboxylic acids is 3. The first-order chi connectivity index (χ1) is 20.6. The van der Waals surface area contributed by atoms with Gasteiger partial charge in [-0.25, -0.2) is 4.68 Å². The molecule has 0 radical (unpaired) electrons. The van der Waals surface area contributed by atoms with E-state index in [2.05, 4.69) is 29.5 Å². The lowest BCUT2D eigenvalue weighted by molar-refractivity contribution is -0.140. The highest BCUT2D eigenvalue weighted by Crippen LogP contribution is 2.30. The fourth-order valence-electron chi connectivity index (χ4n) is 6.48. The number of amides is 3. The van der Waals surface area contributed by atoms with Crippen molar-refractivity contribution < 1.29 is 19.1 Å². The number of aromatic nitrogens is 3. The molecule has 0 bridgehead atoms. The molecule has 1 aromatic heterocycles. The van der Waals surface area contributed by atoms with Gasteiger partial charge < -0.3 is 25.6 Å². The number of nitrogens with two attached hydrogens (primary N) is 1.